The highest BCUT2D eigenvalue weighted by Gasteiger charge is 2.24. The lowest BCUT2D eigenvalue weighted by molar-refractivity contribution is -0.130. The van der Waals surface area contributed by atoms with Crippen LogP contribution in [0.2, 0.25) is 0 Å². The molecule has 0 fully saturated rings. The van der Waals surface area contributed by atoms with E-state index in [0.717, 1.165) is 4.88 Å². The van der Waals surface area contributed by atoms with E-state index in [0.29, 0.717) is 18.9 Å². The van der Waals surface area contributed by atoms with Crippen LogP contribution >= 0.6 is 11.3 Å². The summed E-state index contributed by atoms with van der Waals surface area (Å²) >= 11 is 1.44. The quantitative estimate of drug-likeness (QED) is 0.691. The number of sulfonamides is 1. The summed E-state index contributed by atoms with van der Waals surface area (Å²) in [5.74, 6) is 0. The van der Waals surface area contributed by atoms with Gasteiger partial charge in [-0.05, 0) is 25.3 Å². The highest BCUT2D eigenvalue weighted by molar-refractivity contribution is 7.89. The van der Waals surface area contributed by atoms with Crippen molar-refractivity contribution < 1.29 is 17.9 Å². The van der Waals surface area contributed by atoms with Gasteiger partial charge < -0.3 is 9.47 Å². The Bertz CT molecular complexity index is 704. The predicted octanol–water partition coefficient (Wildman–Crippen LogP) is 1.83. The highest BCUT2D eigenvalue weighted by atomic mass is 32.2. The molecule has 0 spiro atoms. The van der Waals surface area contributed by atoms with Crippen molar-refractivity contribution >= 4 is 21.4 Å². The Labute approximate surface area is 140 Å². The highest BCUT2D eigenvalue weighted by Crippen LogP contribution is 2.29. The molecule has 2 rings (SSSR count). The fourth-order valence-corrected chi connectivity index (χ4v) is 4.04. The zero-order chi connectivity index (χ0) is 16.9. The molecule has 0 atom stereocenters. The van der Waals surface area contributed by atoms with Gasteiger partial charge in [0.1, 0.15) is 10.6 Å². The number of ether oxygens (including phenoxy) is 2. The van der Waals surface area contributed by atoms with E-state index in [-0.39, 0.29) is 11.4 Å². The zero-order valence-electron chi connectivity index (χ0n) is 13.4. The molecule has 2 aromatic heterocycles. The fourth-order valence-electron chi connectivity index (χ4n) is 2.04. The molecule has 0 radical (unpaired) electrons. The van der Waals surface area contributed by atoms with Gasteiger partial charge in [0.25, 0.3) is 0 Å². The molecule has 0 bridgehead atoms. The summed E-state index contributed by atoms with van der Waals surface area (Å²) in [5.41, 5.74) is 0.444. The van der Waals surface area contributed by atoms with E-state index in [9.17, 15) is 8.42 Å². The summed E-state index contributed by atoms with van der Waals surface area (Å²) < 4.78 is 39.9. The van der Waals surface area contributed by atoms with Gasteiger partial charge in [-0.1, -0.05) is 6.07 Å². The number of hydrogen-bond donors (Lipinski definition) is 1. The van der Waals surface area contributed by atoms with Crippen LogP contribution < -0.4 is 4.72 Å². The molecule has 0 aliphatic heterocycles. The maximum absolute atomic E-state index is 12.6. The standard InChI is InChI=1S/C14H21N3O4S2/c1-4-20-13(21-5-2)9-15-23(18,19)12-10-17(3)16-14(12)11-7-6-8-22-11/h6-8,10,13,15H,4-5,9H2,1-3H3. The number of thiophene rings is 1. The molecule has 0 aromatic carbocycles. The minimum Gasteiger partial charge on any atom is -0.352 e. The van der Waals surface area contributed by atoms with E-state index < -0.39 is 16.3 Å². The van der Waals surface area contributed by atoms with Crippen LogP contribution in [0.15, 0.2) is 28.6 Å². The van der Waals surface area contributed by atoms with Gasteiger partial charge >= 0.3 is 0 Å². The number of nitrogens with zero attached hydrogens (tertiary/aromatic N) is 2. The van der Waals surface area contributed by atoms with Crippen LogP contribution in [0.25, 0.3) is 10.6 Å². The second kappa shape index (κ2) is 8.02. The third-order valence-corrected chi connectivity index (χ3v) is 5.29. The Morgan fingerprint density at radius 3 is 2.61 bits per heavy atom. The molecule has 9 heteroatoms. The molecule has 128 valence electrons. The van der Waals surface area contributed by atoms with Crippen LogP contribution in [0.1, 0.15) is 13.8 Å². The van der Waals surface area contributed by atoms with Crippen molar-refractivity contribution in [1.29, 1.82) is 0 Å². The summed E-state index contributed by atoms with van der Waals surface area (Å²) in [6.07, 6.45) is 0.884. The Kier molecular flexibility index (Phi) is 6.31. The lowest BCUT2D eigenvalue weighted by Gasteiger charge is -2.17. The first kappa shape index (κ1) is 18.1. The summed E-state index contributed by atoms with van der Waals surface area (Å²) in [7, 11) is -2.02. The molecule has 23 heavy (non-hydrogen) atoms. The van der Waals surface area contributed by atoms with E-state index in [4.69, 9.17) is 9.47 Å². The van der Waals surface area contributed by atoms with E-state index in [2.05, 4.69) is 9.82 Å². The van der Waals surface area contributed by atoms with Crippen LogP contribution in [-0.4, -0.2) is 44.2 Å². The van der Waals surface area contributed by atoms with Crippen molar-refractivity contribution in [3.05, 3.63) is 23.7 Å². The van der Waals surface area contributed by atoms with Crippen molar-refractivity contribution in [2.45, 2.75) is 25.0 Å². The average molecular weight is 359 g/mol. The van der Waals surface area contributed by atoms with Crippen LogP contribution in [0.5, 0.6) is 0 Å². The third kappa shape index (κ3) is 4.61. The lowest BCUT2D eigenvalue weighted by atomic mass is 10.3. The van der Waals surface area contributed by atoms with E-state index in [1.807, 2.05) is 31.4 Å². The molecule has 0 saturated carbocycles. The molecule has 0 saturated heterocycles. The topological polar surface area (TPSA) is 82.5 Å². The van der Waals surface area contributed by atoms with Crippen molar-refractivity contribution in [1.82, 2.24) is 14.5 Å². The normalized spacial score (nSPS) is 12.2. The minimum atomic E-state index is -3.71. The molecule has 0 aliphatic rings. The number of hydrogen-bond acceptors (Lipinski definition) is 6. The van der Waals surface area contributed by atoms with Gasteiger partial charge in [0.2, 0.25) is 10.0 Å². The molecule has 2 heterocycles. The molecule has 0 amide bonds. The fraction of sp³-hybridized carbons (Fsp3) is 0.500. The van der Waals surface area contributed by atoms with E-state index in [1.165, 1.54) is 22.2 Å². The first-order valence-electron chi connectivity index (χ1n) is 7.28. The number of rotatable bonds is 9. The van der Waals surface area contributed by atoms with Gasteiger partial charge in [-0.15, -0.1) is 11.3 Å². The molecule has 2 aromatic rings. The summed E-state index contributed by atoms with van der Waals surface area (Å²) in [4.78, 5) is 0.950. The van der Waals surface area contributed by atoms with Gasteiger partial charge in [-0.2, -0.15) is 5.10 Å². The van der Waals surface area contributed by atoms with Gasteiger partial charge in [0, 0.05) is 26.5 Å². The smallest absolute Gasteiger partial charge is 0.244 e. The Morgan fingerprint density at radius 1 is 1.35 bits per heavy atom. The van der Waals surface area contributed by atoms with Crippen molar-refractivity contribution in [2.75, 3.05) is 19.8 Å². The Balaban J connectivity index is 2.20. The van der Waals surface area contributed by atoms with Crippen molar-refractivity contribution in [3.63, 3.8) is 0 Å². The van der Waals surface area contributed by atoms with Crippen LogP contribution in [0.3, 0.4) is 0 Å². The predicted molar refractivity (Wildman–Crippen MR) is 88.7 cm³/mol. The van der Waals surface area contributed by atoms with Gasteiger partial charge in [0.05, 0.1) is 11.4 Å². The monoisotopic (exact) mass is 359 g/mol. The molecule has 0 aliphatic carbocycles. The second-order valence-electron chi connectivity index (χ2n) is 4.69. The first-order chi connectivity index (χ1) is 11.0. The minimum absolute atomic E-state index is 0.0444. The summed E-state index contributed by atoms with van der Waals surface area (Å²) in [6.45, 7) is 4.59. The van der Waals surface area contributed by atoms with Crippen molar-refractivity contribution in [2.24, 2.45) is 7.05 Å². The van der Waals surface area contributed by atoms with Gasteiger partial charge in [0.15, 0.2) is 6.29 Å². The average Bonchev–Trinajstić information content (AvgIpc) is 3.14. The second-order valence-corrected chi connectivity index (χ2v) is 7.37. The number of aromatic nitrogens is 2. The van der Waals surface area contributed by atoms with Gasteiger partial charge in [-0.3, -0.25) is 4.68 Å². The van der Waals surface area contributed by atoms with Crippen molar-refractivity contribution in [3.8, 4) is 10.6 Å². The van der Waals surface area contributed by atoms with Crippen LogP contribution in [0.4, 0.5) is 0 Å². The maximum Gasteiger partial charge on any atom is 0.244 e. The SMILES string of the molecule is CCOC(CNS(=O)(=O)c1cn(C)nc1-c1cccs1)OCC. The molecule has 1 N–H and O–H groups in total. The maximum atomic E-state index is 12.6. The summed E-state index contributed by atoms with van der Waals surface area (Å²) in [6, 6.07) is 3.70. The largest absolute Gasteiger partial charge is 0.352 e. The number of aryl methyl sites for hydroxylation is 1. The zero-order valence-corrected chi connectivity index (χ0v) is 15.0. The molecule has 7 nitrogen and oxygen atoms in total. The molecular formula is C14H21N3O4S2. The number of nitrogens with one attached hydrogen (secondary N) is 1. The van der Waals surface area contributed by atoms with Crippen LogP contribution in [0, 0.1) is 0 Å². The molecule has 0 unspecified atom stereocenters. The van der Waals surface area contributed by atoms with E-state index in [1.54, 1.807) is 7.05 Å². The van der Waals surface area contributed by atoms with E-state index >= 15 is 0 Å². The summed E-state index contributed by atoms with van der Waals surface area (Å²) in [5, 5.41) is 6.15. The Morgan fingerprint density at radius 2 is 2.04 bits per heavy atom. The molecular weight excluding hydrogens is 338 g/mol. The van der Waals surface area contributed by atoms with Crippen LogP contribution in [-0.2, 0) is 26.5 Å². The van der Waals surface area contributed by atoms with Gasteiger partial charge in [-0.25, -0.2) is 13.1 Å². The third-order valence-electron chi connectivity index (χ3n) is 2.98. The first-order valence-corrected chi connectivity index (χ1v) is 9.64. The Hall–Kier alpha value is -1.26. The lowest BCUT2D eigenvalue weighted by Crippen LogP contribution is -2.35.